The number of benzene rings is 1. The van der Waals surface area contributed by atoms with E-state index in [2.05, 4.69) is 52.5 Å². The number of nitrogens with zero attached hydrogens (tertiary/aromatic N) is 3. The summed E-state index contributed by atoms with van der Waals surface area (Å²) in [5.74, 6) is 0.973. The molecule has 0 bridgehead atoms. The Labute approximate surface area is 137 Å². The number of piperidine rings is 1. The molecule has 1 N–H and O–H groups in total. The van der Waals surface area contributed by atoms with Gasteiger partial charge in [-0.3, -0.25) is 0 Å². The highest BCUT2D eigenvalue weighted by atomic mass is 15.2. The van der Waals surface area contributed by atoms with Gasteiger partial charge >= 0.3 is 0 Å². The maximum atomic E-state index is 8.83. The summed E-state index contributed by atoms with van der Waals surface area (Å²) >= 11 is 0. The third-order valence-electron chi connectivity index (χ3n) is 4.54. The highest BCUT2D eigenvalue weighted by molar-refractivity contribution is 5.42. The van der Waals surface area contributed by atoms with Gasteiger partial charge in [0.2, 0.25) is 0 Å². The zero-order chi connectivity index (χ0) is 16.1. The SMILES string of the molecule is Cc1ccccc1CNC1CCN(c2ccc(C#N)cn2)CC1. The number of aryl methyl sites for hydroxylation is 1. The first kappa shape index (κ1) is 15.5. The molecule has 23 heavy (non-hydrogen) atoms. The second-order valence-electron chi connectivity index (χ2n) is 6.09. The molecule has 2 aromatic rings. The predicted molar refractivity (Wildman–Crippen MR) is 92.2 cm³/mol. The predicted octanol–water partition coefficient (Wildman–Crippen LogP) is 3.02. The van der Waals surface area contributed by atoms with Crippen LogP contribution in [0.15, 0.2) is 42.6 Å². The molecule has 2 heterocycles. The summed E-state index contributed by atoms with van der Waals surface area (Å²) in [6, 6.07) is 15.0. The first-order valence-corrected chi connectivity index (χ1v) is 8.15. The van der Waals surface area contributed by atoms with Gasteiger partial charge in [-0.05, 0) is 43.0 Å². The van der Waals surface area contributed by atoms with Crippen molar-refractivity contribution in [2.45, 2.75) is 32.4 Å². The van der Waals surface area contributed by atoms with Crippen molar-refractivity contribution in [3.8, 4) is 6.07 Å². The summed E-state index contributed by atoms with van der Waals surface area (Å²) in [7, 11) is 0. The molecule has 118 valence electrons. The van der Waals surface area contributed by atoms with Gasteiger partial charge in [0.05, 0.1) is 5.56 Å². The molecule has 1 aromatic heterocycles. The summed E-state index contributed by atoms with van der Waals surface area (Å²) in [6.45, 7) is 5.11. The molecule has 0 saturated carbocycles. The van der Waals surface area contributed by atoms with E-state index in [4.69, 9.17) is 5.26 Å². The molecule has 1 aliphatic rings. The fourth-order valence-corrected chi connectivity index (χ4v) is 3.01. The quantitative estimate of drug-likeness (QED) is 0.943. The first-order chi connectivity index (χ1) is 11.3. The van der Waals surface area contributed by atoms with Gasteiger partial charge in [-0.1, -0.05) is 24.3 Å². The third kappa shape index (κ3) is 3.88. The van der Waals surface area contributed by atoms with Gasteiger partial charge in [0.25, 0.3) is 0 Å². The zero-order valence-corrected chi connectivity index (χ0v) is 13.5. The fourth-order valence-electron chi connectivity index (χ4n) is 3.01. The van der Waals surface area contributed by atoms with E-state index in [1.165, 1.54) is 11.1 Å². The van der Waals surface area contributed by atoms with Gasteiger partial charge in [0, 0.05) is 31.9 Å². The van der Waals surface area contributed by atoms with E-state index in [1.807, 2.05) is 12.1 Å². The van der Waals surface area contributed by atoms with Gasteiger partial charge < -0.3 is 10.2 Å². The fraction of sp³-hybridized carbons (Fsp3) is 0.368. The van der Waals surface area contributed by atoms with Crippen molar-refractivity contribution in [2.24, 2.45) is 0 Å². The monoisotopic (exact) mass is 306 g/mol. The average Bonchev–Trinajstić information content (AvgIpc) is 2.62. The molecule has 0 atom stereocenters. The van der Waals surface area contributed by atoms with Crippen molar-refractivity contribution in [3.63, 3.8) is 0 Å². The van der Waals surface area contributed by atoms with E-state index >= 15 is 0 Å². The van der Waals surface area contributed by atoms with Crippen LogP contribution in [0.1, 0.15) is 29.5 Å². The molecular formula is C19H22N4. The molecule has 1 saturated heterocycles. The van der Waals surface area contributed by atoms with Crippen LogP contribution in [0.4, 0.5) is 5.82 Å². The number of aromatic nitrogens is 1. The third-order valence-corrected chi connectivity index (χ3v) is 4.54. The van der Waals surface area contributed by atoms with Crippen molar-refractivity contribution in [1.82, 2.24) is 10.3 Å². The lowest BCUT2D eigenvalue weighted by Crippen LogP contribution is -2.42. The number of rotatable bonds is 4. The second kappa shape index (κ2) is 7.26. The molecule has 0 radical (unpaired) electrons. The Bertz CT molecular complexity index is 679. The van der Waals surface area contributed by atoms with E-state index in [1.54, 1.807) is 6.20 Å². The molecule has 1 fully saturated rings. The van der Waals surface area contributed by atoms with Gasteiger partial charge in [0.1, 0.15) is 11.9 Å². The molecule has 0 spiro atoms. The minimum absolute atomic E-state index is 0.559. The normalized spacial score (nSPS) is 15.4. The lowest BCUT2D eigenvalue weighted by Gasteiger charge is -2.33. The van der Waals surface area contributed by atoms with Crippen molar-refractivity contribution < 1.29 is 0 Å². The van der Waals surface area contributed by atoms with E-state index < -0.39 is 0 Å². The number of nitriles is 1. The first-order valence-electron chi connectivity index (χ1n) is 8.15. The second-order valence-corrected chi connectivity index (χ2v) is 6.09. The average molecular weight is 306 g/mol. The van der Waals surface area contributed by atoms with E-state index in [-0.39, 0.29) is 0 Å². The highest BCUT2D eigenvalue weighted by Crippen LogP contribution is 2.18. The zero-order valence-electron chi connectivity index (χ0n) is 13.5. The summed E-state index contributed by atoms with van der Waals surface area (Å²) < 4.78 is 0. The Kier molecular flexibility index (Phi) is 4.89. The van der Waals surface area contributed by atoms with Crippen LogP contribution in [0.5, 0.6) is 0 Å². The molecule has 0 amide bonds. The van der Waals surface area contributed by atoms with Gasteiger partial charge in [0.15, 0.2) is 0 Å². The Hall–Kier alpha value is -2.38. The van der Waals surface area contributed by atoms with Crippen LogP contribution in [0.3, 0.4) is 0 Å². The lowest BCUT2D eigenvalue weighted by atomic mass is 10.0. The highest BCUT2D eigenvalue weighted by Gasteiger charge is 2.19. The molecule has 0 unspecified atom stereocenters. The van der Waals surface area contributed by atoms with Crippen molar-refractivity contribution in [3.05, 3.63) is 59.3 Å². The van der Waals surface area contributed by atoms with Crippen molar-refractivity contribution in [2.75, 3.05) is 18.0 Å². The van der Waals surface area contributed by atoms with Crippen molar-refractivity contribution >= 4 is 5.82 Å². The maximum absolute atomic E-state index is 8.83. The molecule has 1 aliphatic heterocycles. The van der Waals surface area contributed by atoms with Crippen LogP contribution < -0.4 is 10.2 Å². The Morgan fingerprint density at radius 2 is 2.00 bits per heavy atom. The molecular weight excluding hydrogens is 284 g/mol. The van der Waals surface area contributed by atoms with Crippen LogP contribution in [-0.4, -0.2) is 24.1 Å². The van der Waals surface area contributed by atoms with Gasteiger partial charge in [-0.2, -0.15) is 5.26 Å². The summed E-state index contributed by atoms with van der Waals surface area (Å²) in [5.41, 5.74) is 3.34. The maximum Gasteiger partial charge on any atom is 0.128 e. The molecule has 3 rings (SSSR count). The van der Waals surface area contributed by atoms with E-state index in [0.29, 0.717) is 11.6 Å². The van der Waals surface area contributed by atoms with Gasteiger partial charge in [-0.15, -0.1) is 0 Å². The van der Waals surface area contributed by atoms with Crippen LogP contribution in [0, 0.1) is 18.3 Å². The summed E-state index contributed by atoms with van der Waals surface area (Å²) in [4.78, 5) is 6.69. The molecule has 4 heteroatoms. The Morgan fingerprint density at radius 1 is 1.22 bits per heavy atom. The Morgan fingerprint density at radius 3 is 2.65 bits per heavy atom. The topological polar surface area (TPSA) is 52.0 Å². The number of nitrogens with one attached hydrogen (secondary N) is 1. The van der Waals surface area contributed by atoms with Crippen LogP contribution >= 0.6 is 0 Å². The largest absolute Gasteiger partial charge is 0.357 e. The smallest absolute Gasteiger partial charge is 0.128 e. The summed E-state index contributed by atoms with van der Waals surface area (Å²) in [6.07, 6.45) is 3.89. The van der Waals surface area contributed by atoms with Crippen LogP contribution in [0.25, 0.3) is 0 Å². The minimum atomic E-state index is 0.559. The standard InChI is InChI=1S/C19H22N4/c1-15-4-2-3-5-17(15)14-21-18-8-10-23(11-9-18)19-7-6-16(12-20)13-22-19/h2-7,13,18,21H,8-11,14H2,1H3. The Balaban J connectivity index is 1.50. The molecule has 0 aliphatic carbocycles. The number of hydrogen-bond acceptors (Lipinski definition) is 4. The molecule has 1 aromatic carbocycles. The van der Waals surface area contributed by atoms with Crippen LogP contribution in [-0.2, 0) is 6.54 Å². The molecule has 4 nitrogen and oxygen atoms in total. The lowest BCUT2D eigenvalue weighted by molar-refractivity contribution is 0.412. The van der Waals surface area contributed by atoms with E-state index in [9.17, 15) is 0 Å². The number of hydrogen-bond donors (Lipinski definition) is 1. The summed E-state index contributed by atoms with van der Waals surface area (Å²) in [5, 5.41) is 12.5. The van der Waals surface area contributed by atoms with Crippen molar-refractivity contribution in [1.29, 1.82) is 5.26 Å². The minimum Gasteiger partial charge on any atom is -0.357 e. The number of anilines is 1. The van der Waals surface area contributed by atoms with Gasteiger partial charge in [-0.25, -0.2) is 4.98 Å². The number of pyridine rings is 1. The van der Waals surface area contributed by atoms with Crippen LogP contribution in [0.2, 0.25) is 0 Å². The van der Waals surface area contributed by atoms with E-state index in [0.717, 1.165) is 38.3 Å².